The fraction of sp³-hybridized carbons (Fsp3) is 0.588. The summed E-state index contributed by atoms with van der Waals surface area (Å²) >= 11 is 0. The van der Waals surface area contributed by atoms with Crippen LogP contribution in [0.4, 0.5) is 0 Å². The van der Waals surface area contributed by atoms with Gasteiger partial charge in [0.25, 0.3) is 5.91 Å². The zero-order chi connectivity index (χ0) is 15.7. The average molecular weight is 304 g/mol. The molecule has 0 aromatic heterocycles. The number of carbonyl (C=O) groups is 1. The first-order valence-corrected chi connectivity index (χ1v) is 7.95. The summed E-state index contributed by atoms with van der Waals surface area (Å²) in [6.07, 6.45) is 0.179. The van der Waals surface area contributed by atoms with E-state index in [0.717, 1.165) is 19.6 Å². The zero-order valence-corrected chi connectivity index (χ0v) is 13.2. The van der Waals surface area contributed by atoms with Crippen molar-refractivity contribution in [3.8, 4) is 0 Å². The Kier molecular flexibility index (Phi) is 4.47. The Morgan fingerprint density at radius 2 is 1.73 bits per heavy atom. The van der Waals surface area contributed by atoms with E-state index in [4.69, 9.17) is 4.74 Å². The molecule has 2 unspecified atom stereocenters. The number of aliphatic hydroxyl groups excluding tert-OH is 1. The van der Waals surface area contributed by atoms with Crippen LogP contribution in [0.1, 0.15) is 29.8 Å². The average Bonchev–Trinajstić information content (AvgIpc) is 2.43. The maximum absolute atomic E-state index is 12.1. The van der Waals surface area contributed by atoms with E-state index in [-0.39, 0.29) is 24.2 Å². The monoisotopic (exact) mass is 304 g/mol. The van der Waals surface area contributed by atoms with E-state index in [1.165, 1.54) is 5.56 Å². The summed E-state index contributed by atoms with van der Waals surface area (Å²) in [5, 5.41) is 9.27. The zero-order valence-electron chi connectivity index (χ0n) is 13.2. The molecule has 5 nitrogen and oxygen atoms in total. The molecule has 5 heteroatoms. The predicted molar refractivity (Wildman–Crippen MR) is 83.6 cm³/mol. The molecule has 1 amide bonds. The van der Waals surface area contributed by atoms with Crippen molar-refractivity contribution in [2.45, 2.75) is 38.7 Å². The molecule has 1 N–H and O–H groups in total. The summed E-state index contributed by atoms with van der Waals surface area (Å²) in [6.45, 7) is 7.87. The van der Waals surface area contributed by atoms with Gasteiger partial charge in [-0.05, 0) is 31.5 Å². The maximum Gasteiger partial charge on any atom is 0.254 e. The van der Waals surface area contributed by atoms with Gasteiger partial charge in [-0.15, -0.1) is 0 Å². The van der Waals surface area contributed by atoms with Crippen LogP contribution < -0.4 is 0 Å². The largest absolute Gasteiger partial charge is 0.389 e. The third-order valence-corrected chi connectivity index (χ3v) is 4.25. The van der Waals surface area contributed by atoms with Crippen LogP contribution in [0.2, 0.25) is 0 Å². The summed E-state index contributed by atoms with van der Waals surface area (Å²) < 4.78 is 5.75. The molecule has 2 aliphatic rings. The fourth-order valence-corrected chi connectivity index (χ4v) is 3.23. The Bertz CT molecular complexity index is 515. The smallest absolute Gasteiger partial charge is 0.254 e. The van der Waals surface area contributed by atoms with Crippen LogP contribution in [0.25, 0.3) is 0 Å². The molecule has 3 rings (SSSR count). The first kappa shape index (κ1) is 15.5. The Balaban J connectivity index is 1.58. The van der Waals surface area contributed by atoms with Gasteiger partial charge in [0.2, 0.25) is 0 Å². The summed E-state index contributed by atoms with van der Waals surface area (Å²) in [6, 6.07) is 7.81. The standard InChI is InChI=1S/C17H24N2O3/c1-12-7-18(8-13(2)22-12)9-14-3-5-15(6-4-14)17(21)19-10-16(20)11-19/h3-6,12-13,16,20H,7-11H2,1-2H3. The van der Waals surface area contributed by atoms with Crippen molar-refractivity contribution >= 4 is 5.91 Å². The summed E-state index contributed by atoms with van der Waals surface area (Å²) in [5.74, 6) is 0.00506. The summed E-state index contributed by atoms with van der Waals surface area (Å²) in [4.78, 5) is 16.2. The fourth-order valence-electron chi connectivity index (χ4n) is 3.23. The van der Waals surface area contributed by atoms with Crippen molar-refractivity contribution in [2.75, 3.05) is 26.2 Å². The van der Waals surface area contributed by atoms with Crippen molar-refractivity contribution in [2.24, 2.45) is 0 Å². The molecular weight excluding hydrogens is 280 g/mol. The van der Waals surface area contributed by atoms with Crippen molar-refractivity contribution in [3.63, 3.8) is 0 Å². The van der Waals surface area contributed by atoms with E-state index in [1.807, 2.05) is 24.3 Å². The lowest BCUT2D eigenvalue weighted by molar-refractivity contribution is -0.0704. The number of ether oxygens (including phenoxy) is 1. The topological polar surface area (TPSA) is 53.0 Å². The molecule has 22 heavy (non-hydrogen) atoms. The van der Waals surface area contributed by atoms with Crippen LogP contribution >= 0.6 is 0 Å². The third kappa shape index (κ3) is 3.48. The lowest BCUT2D eigenvalue weighted by atomic mass is 10.1. The number of likely N-dealkylation sites (tertiary alicyclic amines) is 1. The minimum atomic E-state index is -0.353. The number of aliphatic hydroxyl groups is 1. The van der Waals surface area contributed by atoms with Gasteiger partial charge in [-0.25, -0.2) is 0 Å². The normalized spacial score (nSPS) is 26.8. The van der Waals surface area contributed by atoms with Gasteiger partial charge in [-0.3, -0.25) is 9.69 Å². The number of nitrogens with zero attached hydrogens (tertiary/aromatic N) is 2. The van der Waals surface area contributed by atoms with E-state index in [1.54, 1.807) is 4.90 Å². The lowest BCUT2D eigenvalue weighted by Gasteiger charge is -2.36. The number of benzene rings is 1. The van der Waals surface area contributed by atoms with Crippen LogP contribution in [-0.2, 0) is 11.3 Å². The van der Waals surface area contributed by atoms with Crippen molar-refractivity contribution in [3.05, 3.63) is 35.4 Å². The first-order chi connectivity index (χ1) is 10.5. The molecule has 0 saturated carbocycles. The van der Waals surface area contributed by atoms with Crippen LogP contribution in [0, 0.1) is 0 Å². The second-order valence-corrected chi connectivity index (χ2v) is 6.51. The van der Waals surface area contributed by atoms with Gasteiger partial charge >= 0.3 is 0 Å². The van der Waals surface area contributed by atoms with Crippen molar-refractivity contribution in [1.29, 1.82) is 0 Å². The van der Waals surface area contributed by atoms with E-state index in [0.29, 0.717) is 18.7 Å². The van der Waals surface area contributed by atoms with Gasteiger partial charge < -0.3 is 14.7 Å². The molecule has 2 atom stereocenters. The van der Waals surface area contributed by atoms with E-state index in [2.05, 4.69) is 18.7 Å². The Hall–Kier alpha value is -1.43. The molecule has 1 aromatic carbocycles. The summed E-state index contributed by atoms with van der Waals surface area (Å²) in [5.41, 5.74) is 1.90. The molecule has 2 saturated heterocycles. The highest BCUT2D eigenvalue weighted by Crippen LogP contribution is 2.17. The van der Waals surface area contributed by atoms with Gasteiger partial charge in [0.1, 0.15) is 0 Å². The second kappa shape index (κ2) is 6.36. The van der Waals surface area contributed by atoms with Crippen molar-refractivity contribution < 1.29 is 14.6 Å². The second-order valence-electron chi connectivity index (χ2n) is 6.51. The van der Waals surface area contributed by atoms with Crippen LogP contribution in [0.3, 0.4) is 0 Å². The molecule has 0 aliphatic carbocycles. The van der Waals surface area contributed by atoms with Crippen LogP contribution in [0.5, 0.6) is 0 Å². The number of amides is 1. The predicted octanol–water partition coefficient (Wildman–Crippen LogP) is 1.11. The molecule has 0 bridgehead atoms. The Morgan fingerprint density at radius 3 is 2.27 bits per heavy atom. The number of β-amino-alcohol motifs (C(OH)–C–C–N with tert-alkyl or cyclic N) is 1. The molecule has 2 heterocycles. The molecule has 2 aliphatic heterocycles. The quantitative estimate of drug-likeness (QED) is 0.909. The number of rotatable bonds is 3. The molecular formula is C17H24N2O3. The minimum Gasteiger partial charge on any atom is -0.389 e. The third-order valence-electron chi connectivity index (χ3n) is 4.25. The maximum atomic E-state index is 12.1. The minimum absolute atomic E-state index is 0.00506. The number of morpholine rings is 1. The highest BCUT2D eigenvalue weighted by molar-refractivity contribution is 5.94. The lowest BCUT2D eigenvalue weighted by Crippen LogP contribution is -2.53. The van der Waals surface area contributed by atoms with Gasteiger partial charge in [0.15, 0.2) is 0 Å². The molecule has 1 aromatic rings. The van der Waals surface area contributed by atoms with E-state index >= 15 is 0 Å². The Morgan fingerprint density at radius 1 is 1.14 bits per heavy atom. The molecule has 120 valence electrons. The van der Waals surface area contributed by atoms with Crippen LogP contribution in [0.15, 0.2) is 24.3 Å². The Labute approximate surface area is 131 Å². The summed E-state index contributed by atoms with van der Waals surface area (Å²) in [7, 11) is 0. The highest BCUT2D eigenvalue weighted by atomic mass is 16.5. The molecule has 2 fully saturated rings. The van der Waals surface area contributed by atoms with Crippen molar-refractivity contribution in [1.82, 2.24) is 9.80 Å². The highest BCUT2D eigenvalue weighted by Gasteiger charge is 2.29. The number of hydrogen-bond donors (Lipinski definition) is 1. The van der Waals surface area contributed by atoms with Gasteiger partial charge in [-0.1, -0.05) is 12.1 Å². The van der Waals surface area contributed by atoms with Gasteiger partial charge in [-0.2, -0.15) is 0 Å². The van der Waals surface area contributed by atoms with E-state index in [9.17, 15) is 9.90 Å². The number of hydrogen-bond acceptors (Lipinski definition) is 4. The first-order valence-electron chi connectivity index (χ1n) is 7.95. The van der Waals surface area contributed by atoms with Gasteiger partial charge in [0.05, 0.1) is 18.3 Å². The SMILES string of the molecule is CC1CN(Cc2ccc(C(=O)N3CC(O)C3)cc2)CC(C)O1. The number of carbonyl (C=O) groups excluding carboxylic acids is 1. The van der Waals surface area contributed by atoms with Gasteiger partial charge in [0, 0.05) is 38.3 Å². The molecule has 0 radical (unpaired) electrons. The van der Waals surface area contributed by atoms with Crippen LogP contribution in [-0.4, -0.2) is 65.3 Å². The molecule has 0 spiro atoms. The van der Waals surface area contributed by atoms with E-state index < -0.39 is 0 Å².